The Morgan fingerprint density at radius 2 is 2.14 bits per heavy atom. The van der Waals surface area contributed by atoms with E-state index in [9.17, 15) is 4.79 Å². The number of nitrogens with one attached hydrogen (secondary N) is 2. The van der Waals surface area contributed by atoms with Crippen molar-refractivity contribution in [3.05, 3.63) is 35.9 Å². The first kappa shape index (κ1) is 18.0. The number of ether oxygens (including phenoxy) is 1. The Balaban J connectivity index is 0.00000220. The van der Waals surface area contributed by atoms with Gasteiger partial charge in [0.2, 0.25) is 0 Å². The van der Waals surface area contributed by atoms with Crippen molar-refractivity contribution in [3.8, 4) is 0 Å². The maximum Gasteiger partial charge on any atom is 0.253 e. The Morgan fingerprint density at radius 3 is 2.71 bits per heavy atom. The average Bonchev–Trinajstić information content (AvgIpc) is 2.48. The lowest BCUT2D eigenvalue weighted by Gasteiger charge is -2.34. The predicted octanol–water partition coefficient (Wildman–Crippen LogP) is 2.30. The van der Waals surface area contributed by atoms with Crippen LogP contribution >= 0.6 is 12.4 Å². The summed E-state index contributed by atoms with van der Waals surface area (Å²) in [5.74, 6) is -0.0644. The van der Waals surface area contributed by atoms with Gasteiger partial charge in [-0.3, -0.25) is 4.79 Å². The number of methoxy groups -OCH3 is 1. The van der Waals surface area contributed by atoms with Crippen LogP contribution in [0, 0.1) is 5.41 Å². The molecule has 1 fully saturated rings. The van der Waals surface area contributed by atoms with E-state index in [-0.39, 0.29) is 23.7 Å². The molecule has 0 bridgehead atoms. The third kappa shape index (κ3) is 4.99. The first-order valence-corrected chi connectivity index (χ1v) is 7.21. The van der Waals surface area contributed by atoms with E-state index in [1.807, 2.05) is 30.3 Å². The molecule has 0 saturated carbocycles. The molecule has 2 unspecified atom stereocenters. The summed E-state index contributed by atoms with van der Waals surface area (Å²) in [4.78, 5) is 12.3. The highest BCUT2D eigenvalue weighted by molar-refractivity contribution is 5.85. The fourth-order valence-electron chi connectivity index (χ4n) is 2.69. The molecule has 1 saturated heterocycles. The molecule has 0 radical (unpaired) electrons. The minimum absolute atomic E-state index is 0. The maximum atomic E-state index is 12.3. The number of hydrogen-bond donors (Lipinski definition) is 2. The minimum Gasteiger partial charge on any atom is -0.367 e. The van der Waals surface area contributed by atoms with Gasteiger partial charge >= 0.3 is 0 Å². The van der Waals surface area contributed by atoms with E-state index in [1.54, 1.807) is 7.11 Å². The molecule has 4 nitrogen and oxygen atoms in total. The van der Waals surface area contributed by atoms with Crippen LogP contribution in [0.1, 0.15) is 31.4 Å². The van der Waals surface area contributed by atoms with E-state index in [1.165, 1.54) is 6.42 Å². The Labute approximate surface area is 133 Å². The SMILES string of the molecule is COC(C(=O)NCC1(C)CCCNC1)c1ccccc1.Cl. The summed E-state index contributed by atoms with van der Waals surface area (Å²) in [7, 11) is 1.57. The monoisotopic (exact) mass is 312 g/mol. The smallest absolute Gasteiger partial charge is 0.253 e. The molecule has 1 heterocycles. The van der Waals surface area contributed by atoms with Gasteiger partial charge in [0.25, 0.3) is 5.91 Å². The number of carbonyl (C=O) groups excluding carboxylic acids is 1. The molecule has 1 amide bonds. The zero-order valence-electron chi connectivity index (χ0n) is 12.7. The van der Waals surface area contributed by atoms with E-state index in [2.05, 4.69) is 17.6 Å². The minimum atomic E-state index is -0.531. The number of rotatable bonds is 5. The van der Waals surface area contributed by atoms with Crippen LogP contribution in [0.2, 0.25) is 0 Å². The van der Waals surface area contributed by atoms with Crippen molar-refractivity contribution in [1.29, 1.82) is 0 Å². The summed E-state index contributed by atoms with van der Waals surface area (Å²) in [5, 5.41) is 6.43. The first-order chi connectivity index (χ1) is 9.64. The van der Waals surface area contributed by atoms with Gasteiger partial charge in [0, 0.05) is 20.2 Å². The zero-order chi connectivity index (χ0) is 14.4. The van der Waals surface area contributed by atoms with E-state index in [4.69, 9.17) is 4.74 Å². The molecular formula is C16H25ClN2O2. The van der Waals surface area contributed by atoms with Crippen molar-refractivity contribution < 1.29 is 9.53 Å². The molecule has 1 aromatic rings. The highest BCUT2D eigenvalue weighted by Gasteiger charge is 2.28. The number of amides is 1. The summed E-state index contributed by atoms with van der Waals surface area (Å²) in [6, 6.07) is 9.60. The summed E-state index contributed by atoms with van der Waals surface area (Å²) in [5.41, 5.74) is 1.03. The van der Waals surface area contributed by atoms with Gasteiger partial charge in [-0.2, -0.15) is 0 Å². The fourth-order valence-corrected chi connectivity index (χ4v) is 2.69. The van der Waals surface area contributed by atoms with Crippen molar-refractivity contribution in [2.24, 2.45) is 5.41 Å². The van der Waals surface area contributed by atoms with E-state index < -0.39 is 6.10 Å². The van der Waals surface area contributed by atoms with Gasteiger partial charge in [0.15, 0.2) is 6.10 Å². The molecule has 0 aliphatic carbocycles. The number of hydrogen-bond acceptors (Lipinski definition) is 3. The van der Waals surface area contributed by atoms with Crippen molar-refractivity contribution in [1.82, 2.24) is 10.6 Å². The van der Waals surface area contributed by atoms with Crippen molar-refractivity contribution in [2.45, 2.75) is 25.9 Å². The number of carbonyl (C=O) groups is 1. The van der Waals surface area contributed by atoms with E-state index in [0.717, 1.165) is 25.1 Å². The van der Waals surface area contributed by atoms with Crippen LogP contribution in [0.4, 0.5) is 0 Å². The van der Waals surface area contributed by atoms with Gasteiger partial charge in [-0.15, -0.1) is 12.4 Å². The lowest BCUT2D eigenvalue weighted by molar-refractivity contribution is -0.132. The predicted molar refractivity (Wildman–Crippen MR) is 86.7 cm³/mol. The fraction of sp³-hybridized carbons (Fsp3) is 0.562. The molecule has 21 heavy (non-hydrogen) atoms. The highest BCUT2D eigenvalue weighted by Crippen LogP contribution is 2.25. The Kier molecular flexibility index (Phi) is 7.15. The van der Waals surface area contributed by atoms with Gasteiger partial charge in [0.05, 0.1) is 0 Å². The topological polar surface area (TPSA) is 50.4 Å². The van der Waals surface area contributed by atoms with Crippen LogP contribution in [0.15, 0.2) is 30.3 Å². The molecule has 2 rings (SSSR count). The largest absolute Gasteiger partial charge is 0.367 e. The maximum absolute atomic E-state index is 12.3. The third-order valence-corrected chi connectivity index (χ3v) is 3.95. The molecule has 1 aliphatic rings. The van der Waals surface area contributed by atoms with Crippen molar-refractivity contribution in [3.63, 3.8) is 0 Å². The van der Waals surface area contributed by atoms with E-state index >= 15 is 0 Å². The van der Waals surface area contributed by atoms with Crippen molar-refractivity contribution in [2.75, 3.05) is 26.7 Å². The molecule has 0 aromatic heterocycles. The van der Waals surface area contributed by atoms with Gasteiger partial charge in [0.1, 0.15) is 0 Å². The van der Waals surface area contributed by atoms with Crippen LogP contribution in [-0.4, -0.2) is 32.7 Å². The molecule has 5 heteroatoms. The van der Waals surface area contributed by atoms with Crippen LogP contribution in [-0.2, 0) is 9.53 Å². The number of halogens is 1. The van der Waals surface area contributed by atoms with Crippen LogP contribution in [0.25, 0.3) is 0 Å². The number of piperidine rings is 1. The van der Waals surface area contributed by atoms with Gasteiger partial charge in [-0.25, -0.2) is 0 Å². The quantitative estimate of drug-likeness (QED) is 0.877. The summed E-state index contributed by atoms with van der Waals surface area (Å²) >= 11 is 0. The Bertz CT molecular complexity index is 433. The normalized spacial score (nSPS) is 23.0. The second-order valence-corrected chi connectivity index (χ2v) is 5.84. The first-order valence-electron chi connectivity index (χ1n) is 7.21. The molecule has 2 N–H and O–H groups in total. The third-order valence-electron chi connectivity index (χ3n) is 3.95. The Hall–Kier alpha value is -1.10. The molecule has 118 valence electrons. The lowest BCUT2D eigenvalue weighted by atomic mass is 9.83. The molecule has 0 spiro atoms. The standard InChI is InChI=1S/C16H24N2O2.ClH/c1-16(9-6-10-17-11-16)12-18-15(19)14(20-2)13-7-4-3-5-8-13;/h3-5,7-8,14,17H,6,9-12H2,1-2H3,(H,18,19);1H. The van der Waals surface area contributed by atoms with Crippen LogP contribution in [0.5, 0.6) is 0 Å². The molecule has 1 aromatic carbocycles. The van der Waals surface area contributed by atoms with Gasteiger partial charge < -0.3 is 15.4 Å². The highest BCUT2D eigenvalue weighted by atomic mass is 35.5. The second kappa shape index (κ2) is 8.37. The van der Waals surface area contributed by atoms with E-state index in [0.29, 0.717) is 6.54 Å². The molecule has 1 aliphatic heterocycles. The van der Waals surface area contributed by atoms with Crippen LogP contribution < -0.4 is 10.6 Å². The summed E-state index contributed by atoms with van der Waals surface area (Å²) in [6.07, 6.45) is 1.78. The van der Waals surface area contributed by atoms with Gasteiger partial charge in [-0.05, 0) is 30.4 Å². The molecule has 2 atom stereocenters. The van der Waals surface area contributed by atoms with Crippen molar-refractivity contribution >= 4 is 18.3 Å². The van der Waals surface area contributed by atoms with Gasteiger partial charge in [-0.1, -0.05) is 37.3 Å². The lowest BCUT2D eigenvalue weighted by Crippen LogP contribution is -2.46. The average molecular weight is 313 g/mol. The zero-order valence-corrected chi connectivity index (χ0v) is 13.5. The Morgan fingerprint density at radius 1 is 1.43 bits per heavy atom. The summed E-state index contributed by atoms with van der Waals surface area (Å²) in [6.45, 7) is 4.93. The molecular weight excluding hydrogens is 288 g/mol. The number of benzene rings is 1. The van der Waals surface area contributed by atoms with Crippen LogP contribution in [0.3, 0.4) is 0 Å². The second-order valence-electron chi connectivity index (χ2n) is 5.84. The summed E-state index contributed by atoms with van der Waals surface area (Å²) < 4.78 is 5.34.